The first-order valence-corrected chi connectivity index (χ1v) is 9.74. The Kier molecular flexibility index (Phi) is 3.52. The Balaban J connectivity index is 1.41. The summed E-state index contributed by atoms with van der Waals surface area (Å²) >= 11 is 0. The number of amides is 1. The van der Waals surface area contributed by atoms with Gasteiger partial charge in [-0.05, 0) is 49.5 Å². The Morgan fingerprint density at radius 3 is 2.54 bits per heavy atom. The molecule has 6 heteroatoms. The van der Waals surface area contributed by atoms with E-state index >= 15 is 0 Å². The molecule has 5 rings (SSSR count). The number of hydrogen-bond acceptors (Lipinski definition) is 3. The fourth-order valence-corrected chi connectivity index (χ4v) is 6.29. The summed E-state index contributed by atoms with van der Waals surface area (Å²) in [5, 5.41) is 9.67. The molecule has 138 valence electrons. The van der Waals surface area contributed by atoms with Crippen molar-refractivity contribution in [2.75, 3.05) is 13.1 Å². The van der Waals surface area contributed by atoms with Crippen LogP contribution in [0.15, 0.2) is 23.0 Å². The first-order valence-electron chi connectivity index (χ1n) is 9.74. The van der Waals surface area contributed by atoms with Gasteiger partial charge in [-0.1, -0.05) is 6.07 Å². The van der Waals surface area contributed by atoms with Crippen molar-refractivity contribution in [2.24, 2.45) is 29.6 Å². The molecule has 0 spiro atoms. The highest BCUT2D eigenvalue weighted by Gasteiger charge is 2.55. The standard InChI is InChI=1S/C20H24N2O4/c23-16-3-1-2-15-14-6-11(9-22(15)16)8-21(10-14)19(24)17-12-4-5-13(7-12)18(17)20(25)26/h1-3,11-14,17-18H,4-10H2,(H,25,26)/t11-,12-,13+,14-,17-,18+/m0/s1. The van der Waals surface area contributed by atoms with Crippen molar-refractivity contribution in [3.05, 3.63) is 34.2 Å². The van der Waals surface area contributed by atoms with E-state index in [1.165, 1.54) is 0 Å². The molecule has 4 bridgehead atoms. The Morgan fingerprint density at radius 1 is 1.00 bits per heavy atom. The number of aliphatic carboxylic acids is 1. The topological polar surface area (TPSA) is 79.6 Å². The number of likely N-dealkylation sites (tertiary alicyclic amines) is 1. The Labute approximate surface area is 151 Å². The third-order valence-electron chi connectivity index (χ3n) is 7.28. The maximum atomic E-state index is 13.3. The van der Waals surface area contributed by atoms with E-state index in [-0.39, 0.29) is 41.1 Å². The van der Waals surface area contributed by atoms with Gasteiger partial charge < -0.3 is 14.6 Å². The van der Waals surface area contributed by atoms with Crippen molar-refractivity contribution in [2.45, 2.75) is 38.1 Å². The van der Waals surface area contributed by atoms with E-state index < -0.39 is 11.9 Å². The number of carbonyl (C=O) groups is 2. The summed E-state index contributed by atoms with van der Waals surface area (Å²) < 4.78 is 1.86. The third kappa shape index (κ3) is 2.27. The summed E-state index contributed by atoms with van der Waals surface area (Å²) in [5.41, 5.74) is 1.06. The second-order valence-electron chi connectivity index (χ2n) is 8.66. The number of nitrogens with zero attached hydrogens (tertiary/aromatic N) is 2. The van der Waals surface area contributed by atoms with Crippen LogP contribution in [0.3, 0.4) is 0 Å². The lowest BCUT2D eigenvalue weighted by Crippen LogP contribution is -2.52. The van der Waals surface area contributed by atoms with Gasteiger partial charge in [0.15, 0.2) is 0 Å². The number of pyridine rings is 1. The van der Waals surface area contributed by atoms with E-state index in [9.17, 15) is 19.5 Å². The lowest BCUT2D eigenvalue weighted by Gasteiger charge is -2.44. The molecule has 3 heterocycles. The van der Waals surface area contributed by atoms with Gasteiger partial charge in [-0.3, -0.25) is 14.4 Å². The van der Waals surface area contributed by atoms with Crippen LogP contribution in [0.5, 0.6) is 0 Å². The number of carboxylic acid groups (broad SMARTS) is 1. The second kappa shape index (κ2) is 5.69. The average molecular weight is 356 g/mol. The minimum absolute atomic E-state index is 0.0380. The number of carbonyl (C=O) groups excluding carboxylic acids is 1. The van der Waals surface area contributed by atoms with Crippen LogP contribution in [-0.4, -0.2) is 39.5 Å². The SMILES string of the molecule is O=C(O)[C@@H]1[C@@H]2CC[C@@H](C2)[C@@H]1C(=O)N1C[C@@H]2C[C@@H](C1)c1cccc(=O)n1C2. The van der Waals surface area contributed by atoms with Crippen molar-refractivity contribution in [1.82, 2.24) is 9.47 Å². The van der Waals surface area contributed by atoms with Gasteiger partial charge in [0.05, 0.1) is 11.8 Å². The van der Waals surface area contributed by atoms with Gasteiger partial charge in [-0.25, -0.2) is 0 Å². The van der Waals surface area contributed by atoms with Gasteiger partial charge in [-0.2, -0.15) is 0 Å². The maximum absolute atomic E-state index is 13.3. The number of hydrogen-bond donors (Lipinski definition) is 1. The van der Waals surface area contributed by atoms with Crippen LogP contribution in [-0.2, 0) is 16.1 Å². The van der Waals surface area contributed by atoms with Crippen LogP contribution in [0.25, 0.3) is 0 Å². The molecule has 1 aromatic rings. The molecule has 0 unspecified atom stereocenters. The Morgan fingerprint density at radius 2 is 1.77 bits per heavy atom. The van der Waals surface area contributed by atoms with Gasteiger partial charge in [0.25, 0.3) is 5.56 Å². The number of aromatic nitrogens is 1. The zero-order valence-electron chi connectivity index (χ0n) is 14.7. The monoisotopic (exact) mass is 356 g/mol. The van der Waals surface area contributed by atoms with Crippen LogP contribution in [0.4, 0.5) is 0 Å². The van der Waals surface area contributed by atoms with E-state index in [4.69, 9.17) is 0 Å². The van der Waals surface area contributed by atoms with Crippen molar-refractivity contribution in [1.29, 1.82) is 0 Å². The highest BCUT2D eigenvalue weighted by Crippen LogP contribution is 2.53. The van der Waals surface area contributed by atoms with E-state index in [2.05, 4.69) is 0 Å². The van der Waals surface area contributed by atoms with Crippen LogP contribution >= 0.6 is 0 Å². The third-order valence-corrected chi connectivity index (χ3v) is 7.28. The maximum Gasteiger partial charge on any atom is 0.307 e. The lowest BCUT2D eigenvalue weighted by molar-refractivity contribution is -0.154. The van der Waals surface area contributed by atoms with E-state index in [0.717, 1.165) is 31.4 Å². The van der Waals surface area contributed by atoms with E-state index in [1.54, 1.807) is 12.1 Å². The Hall–Kier alpha value is -2.11. The van der Waals surface area contributed by atoms with Gasteiger partial charge in [0.2, 0.25) is 5.91 Å². The smallest absolute Gasteiger partial charge is 0.307 e. The molecule has 1 amide bonds. The molecule has 6 atom stereocenters. The first-order chi connectivity index (χ1) is 12.5. The number of rotatable bonds is 2. The van der Waals surface area contributed by atoms with Gasteiger partial charge in [-0.15, -0.1) is 0 Å². The van der Waals surface area contributed by atoms with Crippen LogP contribution in [0.1, 0.15) is 37.3 Å². The molecule has 1 aromatic heterocycles. The molecule has 6 nitrogen and oxygen atoms in total. The van der Waals surface area contributed by atoms with Crippen LogP contribution in [0.2, 0.25) is 0 Å². The molecule has 0 aromatic carbocycles. The predicted octanol–water partition coefficient (Wildman–Crippen LogP) is 1.54. The molecule has 1 N–H and O–H groups in total. The van der Waals surface area contributed by atoms with E-state index in [1.807, 2.05) is 15.5 Å². The summed E-state index contributed by atoms with van der Waals surface area (Å²) in [6.45, 7) is 1.92. The molecule has 4 aliphatic rings. The lowest BCUT2D eigenvalue weighted by atomic mass is 9.77. The Bertz CT molecular complexity index is 831. The zero-order valence-corrected chi connectivity index (χ0v) is 14.7. The van der Waals surface area contributed by atoms with Crippen molar-refractivity contribution in [3.63, 3.8) is 0 Å². The first kappa shape index (κ1) is 16.1. The highest BCUT2D eigenvalue weighted by atomic mass is 16.4. The van der Waals surface area contributed by atoms with Crippen molar-refractivity contribution in [3.8, 4) is 0 Å². The van der Waals surface area contributed by atoms with Gasteiger partial charge in [0.1, 0.15) is 0 Å². The fraction of sp³-hybridized carbons (Fsp3) is 0.650. The summed E-state index contributed by atoms with van der Waals surface area (Å²) in [6, 6.07) is 5.39. The quantitative estimate of drug-likeness (QED) is 0.872. The minimum Gasteiger partial charge on any atom is -0.481 e. The molecule has 1 saturated heterocycles. The van der Waals surface area contributed by atoms with Crippen LogP contribution < -0.4 is 5.56 Å². The summed E-state index contributed by atoms with van der Waals surface area (Å²) in [4.78, 5) is 39.1. The predicted molar refractivity (Wildman–Crippen MR) is 93.6 cm³/mol. The molecule has 3 fully saturated rings. The van der Waals surface area contributed by atoms with Crippen molar-refractivity contribution < 1.29 is 14.7 Å². The van der Waals surface area contributed by atoms with E-state index in [0.29, 0.717) is 19.6 Å². The number of fused-ring (bicyclic) bond motifs is 6. The normalized spacial score (nSPS) is 37.5. The highest BCUT2D eigenvalue weighted by molar-refractivity contribution is 5.86. The average Bonchev–Trinajstić information content (AvgIpc) is 3.23. The fourth-order valence-electron chi connectivity index (χ4n) is 6.29. The zero-order chi connectivity index (χ0) is 18.0. The molecular weight excluding hydrogens is 332 g/mol. The van der Waals surface area contributed by atoms with Gasteiger partial charge in [0, 0.05) is 37.3 Å². The molecule has 2 saturated carbocycles. The largest absolute Gasteiger partial charge is 0.481 e. The van der Waals surface area contributed by atoms with Gasteiger partial charge >= 0.3 is 5.97 Å². The number of carboxylic acids is 1. The molecule has 2 aliphatic carbocycles. The molecule has 2 aliphatic heterocycles. The number of piperidine rings is 1. The summed E-state index contributed by atoms with van der Waals surface area (Å²) in [5.74, 6) is -0.716. The minimum atomic E-state index is -0.801. The summed E-state index contributed by atoms with van der Waals surface area (Å²) in [7, 11) is 0. The molecule has 0 radical (unpaired) electrons. The molecular formula is C20H24N2O4. The van der Waals surface area contributed by atoms with Crippen LogP contribution in [0, 0.1) is 29.6 Å². The van der Waals surface area contributed by atoms with Crippen molar-refractivity contribution >= 4 is 11.9 Å². The molecule has 26 heavy (non-hydrogen) atoms. The summed E-state index contributed by atoms with van der Waals surface area (Å²) in [6.07, 6.45) is 3.84. The second-order valence-corrected chi connectivity index (χ2v) is 8.66.